The first-order chi connectivity index (χ1) is 6.35. The summed E-state index contributed by atoms with van der Waals surface area (Å²) >= 11 is 0. The summed E-state index contributed by atoms with van der Waals surface area (Å²) in [7, 11) is 0. The van der Waals surface area contributed by atoms with E-state index in [9.17, 15) is 0 Å². The lowest BCUT2D eigenvalue weighted by Crippen LogP contribution is -2.00. The molecule has 2 aromatic rings. The summed E-state index contributed by atoms with van der Waals surface area (Å²) in [5.41, 5.74) is 8.18. The van der Waals surface area contributed by atoms with E-state index in [-0.39, 0.29) is 0 Å². The fraction of sp³-hybridized carbons (Fsp3) is 0.375. The molecule has 2 N–H and O–H groups in total. The molecule has 0 amide bonds. The van der Waals surface area contributed by atoms with E-state index in [2.05, 4.69) is 15.3 Å². The van der Waals surface area contributed by atoms with Crippen molar-refractivity contribution < 1.29 is 0 Å². The summed E-state index contributed by atoms with van der Waals surface area (Å²) < 4.78 is 1.67. The fourth-order valence-electron chi connectivity index (χ4n) is 1.21. The lowest BCUT2D eigenvalue weighted by atomic mass is 10.3. The summed E-state index contributed by atoms with van der Waals surface area (Å²) in [5.74, 6) is 0. The van der Waals surface area contributed by atoms with Crippen LogP contribution in [-0.4, -0.2) is 19.8 Å². The molecule has 0 spiro atoms. The highest BCUT2D eigenvalue weighted by molar-refractivity contribution is 5.42. The van der Waals surface area contributed by atoms with Gasteiger partial charge in [-0.3, -0.25) is 0 Å². The molecule has 0 aliphatic heterocycles. The van der Waals surface area contributed by atoms with Crippen molar-refractivity contribution in [2.75, 3.05) is 0 Å². The van der Waals surface area contributed by atoms with Crippen molar-refractivity contribution in [3.63, 3.8) is 0 Å². The maximum atomic E-state index is 5.48. The predicted molar refractivity (Wildman–Crippen MR) is 48.1 cm³/mol. The molecule has 0 bridgehead atoms. The molecule has 0 aliphatic carbocycles. The van der Waals surface area contributed by atoms with Crippen LogP contribution in [0.3, 0.4) is 0 Å². The van der Waals surface area contributed by atoms with Gasteiger partial charge in [0, 0.05) is 24.5 Å². The highest BCUT2D eigenvalue weighted by Crippen LogP contribution is 2.05. The van der Waals surface area contributed by atoms with E-state index in [1.165, 1.54) is 0 Å². The summed E-state index contributed by atoms with van der Waals surface area (Å²) in [6.07, 6.45) is 4.46. The van der Waals surface area contributed by atoms with Gasteiger partial charge in [-0.05, 0) is 6.42 Å². The van der Waals surface area contributed by atoms with Gasteiger partial charge in [-0.15, -0.1) is 5.10 Å². The average Bonchev–Trinajstić information content (AvgIpc) is 2.59. The number of hydrogen-bond donors (Lipinski definition) is 1. The summed E-state index contributed by atoms with van der Waals surface area (Å²) in [6.45, 7) is 2.51. The van der Waals surface area contributed by atoms with Gasteiger partial charge in [-0.1, -0.05) is 12.1 Å². The van der Waals surface area contributed by atoms with Gasteiger partial charge in [0.15, 0.2) is 5.65 Å². The predicted octanol–water partition coefficient (Wildman–Crippen LogP) is 0.145. The number of aromatic nitrogens is 4. The van der Waals surface area contributed by atoms with Gasteiger partial charge in [0.05, 0.1) is 0 Å². The molecule has 2 aromatic heterocycles. The Bertz CT molecular complexity index is 419. The van der Waals surface area contributed by atoms with Crippen molar-refractivity contribution in [1.82, 2.24) is 19.8 Å². The van der Waals surface area contributed by atoms with Crippen molar-refractivity contribution in [3.05, 3.63) is 23.7 Å². The first kappa shape index (κ1) is 8.12. The minimum absolute atomic E-state index is 0.476. The van der Waals surface area contributed by atoms with Gasteiger partial charge in [0.25, 0.3) is 0 Å². The van der Waals surface area contributed by atoms with Crippen LogP contribution in [0.4, 0.5) is 0 Å². The molecule has 2 rings (SSSR count). The zero-order chi connectivity index (χ0) is 9.26. The topological polar surface area (TPSA) is 69.1 Å². The van der Waals surface area contributed by atoms with Crippen molar-refractivity contribution in [2.45, 2.75) is 19.9 Å². The van der Waals surface area contributed by atoms with E-state index in [0.717, 1.165) is 23.3 Å². The SMILES string of the molecule is CCc1nnn2cc(CN)cnc12. The minimum Gasteiger partial charge on any atom is -0.326 e. The van der Waals surface area contributed by atoms with Crippen molar-refractivity contribution in [2.24, 2.45) is 5.73 Å². The van der Waals surface area contributed by atoms with E-state index in [1.807, 2.05) is 13.1 Å². The lowest BCUT2D eigenvalue weighted by Gasteiger charge is -1.96. The number of hydrogen-bond acceptors (Lipinski definition) is 4. The van der Waals surface area contributed by atoms with Gasteiger partial charge < -0.3 is 5.73 Å². The van der Waals surface area contributed by atoms with E-state index in [4.69, 9.17) is 5.73 Å². The Morgan fingerprint density at radius 1 is 1.54 bits per heavy atom. The van der Waals surface area contributed by atoms with E-state index in [0.29, 0.717) is 6.54 Å². The zero-order valence-electron chi connectivity index (χ0n) is 7.44. The van der Waals surface area contributed by atoms with Crippen molar-refractivity contribution in [3.8, 4) is 0 Å². The smallest absolute Gasteiger partial charge is 0.178 e. The molecule has 13 heavy (non-hydrogen) atoms. The maximum Gasteiger partial charge on any atom is 0.178 e. The molecular formula is C8H11N5. The Labute approximate surface area is 75.6 Å². The van der Waals surface area contributed by atoms with Crippen LogP contribution in [0.25, 0.3) is 5.65 Å². The Hall–Kier alpha value is -1.49. The van der Waals surface area contributed by atoms with Crippen LogP contribution in [0, 0.1) is 0 Å². The zero-order valence-corrected chi connectivity index (χ0v) is 7.44. The molecule has 68 valence electrons. The third-order valence-electron chi connectivity index (χ3n) is 1.95. The quantitative estimate of drug-likeness (QED) is 0.708. The van der Waals surface area contributed by atoms with Gasteiger partial charge in [0.1, 0.15) is 5.69 Å². The van der Waals surface area contributed by atoms with Crippen LogP contribution in [0.15, 0.2) is 12.4 Å². The van der Waals surface area contributed by atoms with Crippen molar-refractivity contribution in [1.29, 1.82) is 0 Å². The first-order valence-corrected chi connectivity index (χ1v) is 4.24. The molecule has 0 aliphatic rings. The second-order valence-corrected chi connectivity index (χ2v) is 2.82. The third kappa shape index (κ3) is 1.27. The van der Waals surface area contributed by atoms with Gasteiger partial charge in [-0.2, -0.15) is 0 Å². The Balaban J connectivity index is 2.61. The highest BCUT2D eigenvalue weighted by atomic mass is 15.4. The van der Waals surface area contributed by atoms with Gasteiger partial charge >= 0.3 is 0 Å². The van der Waals surface area contributed by atoms with Crippen LogP contribution < -0.4 is 5.73 Å². The number of fused-ring (bicyclic) bond motifs is 1. The van der Waals surface area contributed by atoms with Crippen LogP contribution in [0.1, 0.15) is 18.2 Å². The molecule has 0 saturated heterocycles. The molecule has 0 fully saturated rings. The summed E-state index contributed by atoms with van der Waals surface area (Å²) in [4.78, 5) is 4.24. The Morgan fingerprint density at radius 2 is 2.38 bits per heavy atom. The Kier molecular flexibility index (Phi) is 1.94. The average molecular weight is 177 g/mol. The summed E-state index contributed by atoms with van der Waals surface area (Å²) in [5, 5.41) is 7.95. The number of aryl methyl sites for hydroxylation is 1. The van der Waals surface area contributed by atoms with Gasteiger partial charge in [0.2, 0.25) is 0 Å². The molecule has 2 heterocycles. The molecule has 0 unspecified atom stereocenters. The number of nitrogens with two attached hydrogens (primary N) is 1. The maximum absolute atomic E-state index is 5.48. The second kappa shape index (κ2) is 3.10. The molecule has 0 saturated carbocycles. The van der Waals surface area contributed by atoms with E-state index in [1.54, 1.807) is 10.7 Å². The normalized spacial score (nSPS) is 10.9. The lowest BCUT2D eigenvalue weighted by molar-refractivity contribution is 0.823. The fourth-order valence-corrected chi connectivity index (χ4v) is 1.21. The molecule has 0 aromatic carbocycles. The Morgan fingerprint density at radius 3 is 3.08 bits per heavy atom. The molecule has 0 atom stereocenters. The van der Waals surface area contributed by atoms with E-state index < -0.39 is 0 Å². The largest absolute Gasteiger partial charge is 0.326 e. The van der Waals surface area contributed by atoms with Crippen molar-refractivity contribution >= 4 is 5.65 Å². The minimum atomic E-state index is 0.476. The molecule has 0 radical (unpaired) electrons. The van der Waals surface area contributed by atoms with Crippen LogP contribution in [0.2, 0.25) is 0 Å². The van der Waals surface area contributed by atoms with Crippen LogP contribution in [0.5, 0.6) is 0 Å². The third-order valence-corrected chi connectivity index (χ3v) is 1.95. The first-order valence-electron chi connectivity index (χ1n) is 4.24. The molecule has 5 heteroatoms. The number of nitrogens with zero attached hydrogens (tertiary/aromatic N) is 4. The second-order valence-electron chi connectivity index (χ2n) is 2.82. The standard InChI is InChI=1S/C8H11N5/c1-2-7-8-10-4-6(3-9)5-13(8)12-11-7/h4-5H,2-3,9H2,1H3. The summed E-state index contributed by atoms with van der Waals surface area (Å²) in [6, 6.07) is 0. The highest BCUT2D eigenvalue weighted by Gasteiger charge is 2.04. The van der Waals surface area contributed by atoms with Crippen LogP contribution in [-0.2, 0) is 13.0 Å². The number of rotatable bonds is 2. The van der Waals surface area contributed by atoms with E-state index >= 15 is 0 Å². The monoisotopic (exact) mass is 177 g/mol. The molecule has 5 nitrogen and oxygen atoms in total. The van der Waals surface area contributed by atoms with Crippen LogP contribution >= 0.6 is 0 Å². The van der Waals surface area contributed by atoms with Gasteiger partial charge in [-0.25, -0.2) is 9.50 Å². The molecular weight excluding hydrogens is 166 g/mol.